The van der Waals surface area contributed by atoms with Crippen LogP contribution in [0.1, 0.15) is 83.7 Å². The highest BCUT2D eigenvalue weighted by Crippen LogP contribution is 2.46. The summed E-state index contributed by atoms with van der Waals surface area (Å²) in [4.78, 5) is 31.2. The van der Waals surface area contributed by atoms with E-state index in [-0.39, 0.29) is 48.2 Å². The number of benzene rings is 1. The van der Waals surface area contributed by atoms with Crippen molar-refractivity contribution in [3.05, 3.63) is 29.7 Å². The van der Waals surface area contributed by atoms with Gasteiger partial charge in [-0.1, -0.05) is 33.3 Å². The lowest BCUT2D eigenvalue weighted by Crippen LogP contribution is -2.47. The smallest absolute Gasteiger partial charge is 0.223 e. The number of terminal acetylenes is 1. The molecule has 1 amide bonds. The number of aryl methyl sites for hydroxylation is 1. The lowest BCUT2D eigenvalue weighted by Gasteiger charge is -2.35. The van der Waals surface area contributed by atoms with Gasteiger partial charge in [-0.3, -0.25) is 9.59 Å². The summed E-state index contributed by atoms with van der Waals surface area (Å²) in [5.41, 5.74) is 0.649. The number of ketones is 1. The Bertz CT molecular complexity index is 1230. The van der Waals surface area contributed by atoms with E-state index < -0.39 is 23.5 Å². The van der Waals surface area contributed by atoms with E-state index in [1.165, 1.54) is 0 Å². The second kappa shape index (κ2) is 10.8. The lowest BCUT2D eigenvalue weighted by molar-refractivity contribution is -0.143. The Morgan fingerprint density at radius 3 is 2.68 bits per heavy atom. The van der Waals surface area contributed by atoms with E-state index in [2.05, 4.69) is 23.1 Å². The maximum atomic E-state index is 13.6. The van der Waals surface area contributed by atoms with Gasteiger partial charge in [-0.2, -0.15) is 0 Å². The fraction of sp³-hybridized carbons (Fsp3) is 0.633. The largest absolute Gasteiger partial charge is 0.441 e. The molecule has 4 rings (SSSR count). The summed E-state index contributed by atoms with van der Waals surface area (Å²) in [7, 11) is 0. The molecule has 2 aliphatic heterocycles. The van der Waals surface area contributed by atoms with Crippen LogP contribution in [0.3, 0.4) is 0 Å². The predicted molar refractivity (Wildman–Crippen MR) is 143 cm³/mol. The van der Waals surface area contributed by atoms with Crippen LogP contribution >= 0.6 is 0 Å². The van der Waals surface area contributed by atoms with Crippen LogP contribution in [0.15, 0.2) is 22.6 Å². The van der Waals surface area contributed by atoms with E-state index >= 15 is 0 Å². The normalized spacial score (nSPS) is 34.8. The molecule has 0 radical (unpaired) electrons. The highest BCUT2D eigenvalue weighted by Gasteiger charge is 2.52. The van der Waals surface area contributed by atoms with E-state index in [0.29, 0.717) is 29.8 Å². The first-order chi connectivity index (χ1) is 17.9. The summed E-state index contributed by atoms with van der Waals surface area (Å²) in [6, 6.07) is 5.29. The predicted octanol–water partition coefficient (Wildman–Crippen LogP) is 4.01. The monoisotopic (exact) mass is 524 g/mol. The molecule has 0 spiro atoms. The van der Waals surface area contributed by atoms with Crippen LogP contribution in [0.5, 0.6) is 0 Å². The number of hydrogen-bond acceptors (Lipinski definition) is 7. The van der Waals surface area contributed by atoms with Crippen molar-refractivity contribution in [2.24, 2.45) is 17.3 Å². The number of aliphatic hydroxyl groups is 2. The zero-order valence-corrected chi connectivity index (χ0v) is 23.0. The molecule has 2 fully saturated rings. The Morgan fingerprint density at radius 2 is 1.97 bits per heavy atom. The van der Waals surface area contributed by atoms with Crippen molar-refractivity contribution >= 4 is 22.8 Å². The van der Waals surface area contributed by atoms with E-state index in [4.69, 9.17) is 15.6 Å². The van der Waals surface area contributed by atoms with Gasteiger partial charge in [0.25, 0.3) is 0 Å². The number of ether oxygens (including phenoxy) is 1. The minimum atomic E-state index is -1.28. The summed E-state index contributed by atoms with van der Waals surface area (Å²) in [6.45, 7) is 9.00. The molecule has 2 saturated heterocycles. The first kappa shape index (κ1) is 28.3. The van der Waals surface area contributed by atoms with Crippen LogP contribution in [-0.4, -0.2) is 50.8 Å². The molecule has 1 aromatic carbocycles. The molecule has 0 aliphatic carbocycles. The third kappa shape index (κ3) is 5.80. The van der Waals surface area contributed by atoms with Crippen LogP contribution in [0.25, 0.3) is 11.1 Å². The molecule has 7 unspecified atom stereocenters. The van der Waals surface area contributed by atoms with Gasteiger partial charge in [0.05, 0.1) is 47.7 Å². The summed E-state index contributed by atoms with van der Waals surface area (Å²) >= 11 is 0. The maximum Gasteiger partial charge on any atom is 0.223 e. The molecule has 2 aromatic rings. The Hall–Kier alpha value is -2.73. The van der Waals surface area contributed by atoms with Crippen molar-refractivity contribution in [1.29, 1.82) is 0 Å². The minimum Gasteiger partial charge on any atom is -0.441 e. The molecule has 0 saturated carbocycles. The number of rotatable bonds is 2. The van der Waals surface area contributed by atoms with Crippen LogP contribution < -0.4 is 5.32 Å². The summed E-state index contributed by atoms with van der Waals surface area (Å²) in [5.74, 6) is 1.40. The second-order valence-corrected chi connectivity index (χ2v) is 11.9. The van der Waals surface area contributed by atoms with Crippen molar-refractivity contribution in [2.75, 3.05) is 0 Å². The topological polar surface area (TPSA) is 125 Å². The number of fused-ring (bicyclic) bond motifs is 2. The number of oxazole rings is 1. The van der Waals surface area contributed by atoms with Crippen LogP contribution in [0.2, 0.25) is 0 Å². The number of aromatic nitrogens is 1. The van der Waals surface area contributed by atoms with Gasteiger partial charge in [0.15, 0.2) is 11.5 Å². The van der Waals surface area contributed by atoms with Gasteiger partial charge in [-0.05, 0) is 43.4 Å². The fourth-order valence-electron chi connectivity index (χ4n) is 5.74. The van der Waals surface area contributed by atoms with Gasteiger partial charge >= 0.3 is 0 Å². The van der Waals surface area contributed by atoms with Crippen molar-refractivity contribution in [3.63, 3.8) is 0 Å². The van der Waals surface area contributed by atoms with Gasteiger partial charge in [0.2, 0.25) is 5.91 Å². The molecule has 7 atom stereocenters. The van der Waals surface area contributed by atoms with Gasteiger partial charge in [0, 0.05) is 19.8 Å². The molecular weight excluding hydrogens is 484 g/mol. The zero-order valence-electron chi connectivity index (χ0n) is 23.0. The lowest BCUT2D eigenvalue weighted by atomic mass is 9.71. The Balaban J connectivity index is 1.63. The van der Waals surface area contributed by atoms with Crippen LogP contribution in [-0.2, 0) is 14.3 Å². The summed E-state index contributed by atoms with van der Waals surface area (Å²) < 4.78 is 11.7. The number of epoxide rings is 1. The molecular formula is C30H40N2O6. The SMILES string of the molecule is C#CCC1C(=O)C(C)(C)C(O)CC(=O)NC(c2ccc3oc(C)nc3c2)CC2OC2(C)CCCC(C)C1O. The van der Waals surface area contributed by atoms with E-state index in [0.717, 1.165) is 18.4 Å². The molecule has 0 bridgehead atoms. The molecule has 8 heteroatoms. The minimum absolute atomic E-state index is 0.0483. The standard InChI is InChI=1S/C30H40N2O6/c1-7-9-20-27(35)17(2)10-8-13-30(6)25(38-30)15-21(19-11-12-23-22(14-19)31-18(3)37-23)32-26(34)16-24(33)29(4,5)28(20)36/h1,11-12,14,17,20-21,24-25,27,33,35H,8-10,13,15-16H2,2-6H3,(H,32,34). The van der Waals surface area contributed by atoms with Crippen molar-refractivity contribution in [1.82, 2.24) is 10.3 Å². The number of Topliss-reactive ketones (excluding diaryl/α,β-unsaturated/α-hetero) is 1. The fourth-order valence-corrected chi connectivity index (χ4v) is 5.74. The first-order valence-electron chi connectivity index (χ1n) is 13.5. The molecule has 3 N–H and O–H groups in total. The molecule has 38 heavy (non-hydrogen) atoms. The average molecular weight is 525 g/mol. The number of nitrogens with zero attached hydrogens (tertiary/aromatic N) is 1. The third-order valence-corrected chi connectivity index (χ3v) is 8.59. The van der Waals surface area contributed by atoms with E-state index in [1.807, 2.05) is 25.1 Å². The van der Waals surface area contributed by atoms with Gasteiger partial charge in [-0.25, -0.2) is 4.98 Å². The molecule has 1 aromatic heterocycles. The highest BCUT2D eigenvalue weighted by molar-refractivity contribution is 5.89. The van der Waals surface area contributed by atoms with Gasteiger partial charge < -0.3 is 24.7 Å². The number of amides is 1. The number of hydrogen-bond donors (Lipinski definition) is 3. The third-order valence-electron chi connectivity index (χ3n) is 8.59. The summed E-state index contributed by atoms with van der Waals surface area (Å²) in [6.07, 6.45) is 6.01. The summed E-state index contributed by atoms with van der Waals surface area (Å²) in [5, 5.41) is 25.2. The highest BCUT2D eigenvalue weighted by atomic mass is 16.6. The number of carbonyl (C=O) groups excluding carboxylic acids is 2. The van der Waals surface area contributed by atoms with Crippen LogP contribution in [0.4, 0.5) is 0 Å². The zero-order chi connectivity index (χ0) is 27.8. The maximum absolute atomic E-state index is 13.6. The number of carbonyl (C=O) groups is 2. The molecule has 3 heterocycles. The van der Waals surface area contributed by atoms with Gasteiger partial charge in [0.1, 0.15) is 11.3 Å². The number of aliphatic hydroxyl groups excluding tert-OH is 2. The number of nitrogens with one attached hydrogen (secondary N) is 1. The Kier molecular flexibility index (Phi) is 8.04. The van der Waals surface area contributed by atoms with Crippen molar-refractivity contribution in [3.8, 4) is 12.3 Å². The quantitative estimate of drug-likeness (QED) is 0.400. The van der Waals surface area contributed by atoms with Crippen molar-refractivity contribution in [2.45, 2.75) is 103 Å². The Labute approximate surface area is 224 Å². The second-order valence-electron chi connectivity index (χ2n) is 11.9. The van der Waals surface area contributed by atoms with Gasteiger partial charge in [-0.15, -0.1) is 12.3 Å². The average Bonchev–Trinajstić information content (AvgIpc) is 3.32. The molecule has 2 aliphatic rings. The molecule has 206 valence electrons. The van der Waals surface area contributed by atoms with E-state index in [9.17, 15) is 19.8 Å². The van der Waals surface area contributed by atoms with Crippen LogP contribution in [0, 0.1) is 36.5 Å². The van der Waals surface area contributed by atoms with E-state index in [1.54, 1.807) is 20.8 Å². The Morgan fingerprint density at radius 1 is 1.24 bits per heavy atom. The first-order valence-corrected chi connectivity index (χ1v) is 13.5. The molecule has 8 nitrogen and oxygen atoms in total. The van der Waals surface area contributed by atoms with Crippen molar-refractivity contribution < 1.29 is 29.0 Å².